The Morgan fingerprint density at radius 1 is 1.00 bits per heavy atom. The van der Waals surface area contributed by atoms with Crippen LogP contribution in [0.3, 0.4) is 0 Å². The molecule has 0 aliphatic heterocycles. The molecule has 164 valence electrons. The lowest BCUT2D eigenvalue weighted by Crippen LogP contribution is -2.06. The molecule has 0 spiro atoms. The van der Waals surface area contributed by atoms with Crippen molar-refractivity contribution in [3.05, 3.63) is 48.8 Å². The highest BCUT2D eigenvalue weighted by atomic mass is 32.2. The number of nitrogens with two attached hydrogens (primary N) is 2. The third kappa shape index (κ3) is 5.28. The van der Waals surface area contributed by atoms with Crippen LogP contribution in [0.4, 0.5) is 20.2 Å². The zero-order valence-corrected chi connectivity index (χ0v) is 17.0. The fourth-order valence-corrected chi connectivity index (χ4v) is 3.17. The number of anilines is 2. The molecule has 3 rings (SSSR count). The summed E-state index contributed by atoms with van der Waals surface area (Å²) < 4.78 is 64.8. The number of hydrogen-bond acceptors (Lipinski definition) is 9. The highest BCUT2D eigenvalue weighted by Gasteiger charge is 2.18. The van der Waals surface area contributed by atoms with Crippen molar-refractivity contribution in [2.45, 2.75) is 18.6 Å². The highest BCUT2D eigenvalue weighted by Crippen LogP contribution is 2.41. The molecule has 4 N–H and O–H groups in total. The minimum Gasteiger partial charge on any atom is -0.452 e. The minimum absolute atomic E-state index is 0.0315. The predicted molar refractivity (Wildman–Crippen MR) is 108 cm³/mol. The van der Waals surface area contributed by atoms with Gasteiger partial charge in [0.2, 0.25) is 0 Å². The number of alkyl halides is 2. The molecule has 0 unspecified atom stereocenters. The number of hydrogen-bond donors (Lipinski definition) is 2. The summed E-state index contributed by atoms with van der Waals surface area (Å²) in [6.45, 7) is -1.60. The molecule has 2 heterocycles. The fourth-order valence-electron chi connectivity index (χ4n) is 2.38. The molecule has 0 amide bonds. The summed E-state index contributed by atoms with van der Waals surface area (Å²) >= 11 is 0. The Labute approximate surface area is 176 Å². The number of sulfone groups is 1. The lowest BCUT2D eigenvalue weighted by molar-refractivity contribution is -0.0541. The molecule has 9 nitrogen and oxygen atoms in total. The third-order valence-electron chi connectivity index (χ3n) is 3.94. The van der Waals surface area contributed by atoms with Gasteiger partial charge in [0.15, 0.2) is 32.1 Å². The van der Waals surface area contributed by atoms with Gasteiger partial charge < -0.3 is 25.7 Å². The topological polar surface area (TPSA) is 140 Å². The van der Waals surface area contributed by atoms with Crippen molar-refractivity contribution in [2.75, 3.05) is 17.2 Å². The molecule has 0 aliphatic rings. The largest absolute Gasteiger partial charge is 0.452 e. The quantitative estimate of drug-likeness (QED) is 0.490. The number of aromatic nitrogens is 2. The Morgan fingerprint density at radius 2 is 1.68 bits per heavy atom. The molecule has 0 saturated carbocycles. The number of ether oxygens (including phenoxy) is 3. The van der Waals surface area contributed by atoms with Crippen LogP contribution in [0.15, 0.2) is 53.8 Å². The molecular weight excluding hydrogens is 434 g/mol. The van der Waals surface area contributed by atoms with E-state index in [2.05, 4.69) is 14.7 Å². The first-order chi connectivity index (χ1) is 14.7. The molecule has 0 aliphatic carbocycles. The van der Waals surface area contributed by atoms with Crippen LogP contribution in [0.2, 0.25) is 0 Å². The van der Waals surface area contributed by atoms with Gasteiger partial charge in [0.1, 0.15) is 5.75 Å². The third-order valence-corrected chi connectivity index (χ3v) is 5.58. The summed E-state index contributed by atoms with van der Waals surface area (Å²) in [7, 11) is -3.47. The predicted octanol–water partition coefficient (Wildman–Crippen LogP) is 3.62. The summed E-state index contributed by atoms with van der Waals surface area (Å²) in [4.78, 5) is 7.61. The Hall–Kier alpha value is -3.67. The van der Waals surface area contributed by atoms with Gasteiger partial charge in [0.25, 0.3) is 5.88 Å². The molecule has 0 fully saturated rings. The summed E-state index contributed by atoms with van der Waals surface area (Å²) in [5.74, 6) is -0.357. The zero-order chi connectivity index (χ0) is 22.6. The second kappa shape index (κ2) is 9.00. The van der Waals surface area contributed by atoms with Crippen LogP contribution in [0.5, 0.6) is 28.9 Å². The molecule has 12 heteroatoms. The van der Waals surface area contributed by atoms with Crippen LogP contribution < -0.4 is 25.7 Å². The molecule has 0 atom stereocenters. The molecule has 31 heavy (non-hydrogen) atoms. The molecular formula is C19H18F2N4O5S. The summed E-state index contributed by atoms with van der Waals surface area (Å²) in [6, 6.07) is 8.24. The molecule has 0 radical (unpaired) electrons. The van der Waals surface area contributed by atoms with Gasteiger partial charge in [-0.1, -0.05) is 6.92 Å². The number of benzene rings is 1. The van der Waals surface area contributed by atoms with E-state index in [1.165, 1.54) is 55.7 Å². The molecule has 1 aromatic carbocycles. The van der Waals surface area contributed by atoms with Gasteiger partial charge in [-0.25, -0.2) is 18.4 Å². The van der Waals surface area contributed by atoms with Crippen molar-refractivity contribution in [3.63, 3.8) is 0 Å². The van der Waals surface area contributed by atoms with E-state index >= 15 is 0 Å². The van der Waals surface area contributed by atoms with E-state index in [1.807, 2.05) is 0 Å². The van der Waals surface area contributed by atoms with Crippen molar-refractivity contribution < 1.29 is 31.4 Å². The second-order valence-corrected chi connectivity index (χ2v) is 8.28. The summed E-state index contributed by atoms with van der Waals surface area (Å²) in [5, 5.41) is -0.0974. The summed E-state index contributed by atoms with van der Waals surface area (Å²) in [5.41, 5.74) is 12.0. The Balaban J connectivity index is 1.93. The minimum atomic E-state index is -3.47. The maximum atomic E-state index is 12.6. The van der Waals surface area contributed by atoms with E-state index in [4.69, 9.17) is 20.9 Å². The highest BCUT2D eigenvalue weighted by molar-refractivity contribution is 7.91. The van der Waals surface area contributed by atoms with Crippen LogP contribution in [-0.4, -0.2) is 30.8 Å². The lowest BCUT2D eigenvalue weighted by Gasteiger charge is -2.15. The van der Waals surface area contributed by atoms with Crippen LogP contribution in [0.25, 0.3) is 0 Å². The van der Waals surface area contributed by atoms with Crippen molar-refractivity contribution in [2.24, 2.45) is 0 Å². The average molecular weight is 452 g/mol. The van der Waals surface area contributed by atoms with Crippen LogP contribution in [0.1, 0.15) is 6.92 Å². The van der Waals surface area contributed by atoms with Crippen molar-refractivity contribution in [3.8, 4) is 28.9 Å². The van der Waals surface area contributed by atoms with Crippen molar-refractivity contribution in [1.82, 2.24) is 9.97 Å². The van der Waals surface area contributed by atoms with E-state index in [1.54, 1.807) is 0 Å². The number of halogens is 2. The SMILES string of the molecule is CCS(=O)(=O)c1ccc(Oc2cc(N)c(N)cc2Oc2cccnc2OC(F)F)cn1. The Morgan fingerprint density at radius 3 is 2.26 bits per heavy atom. The fraction of sp³-hybridized carbons (Fsp3) is 0.158. The number of nitrogen functional groups attached to an aromatic ring is 2. The number of pyridine rings is 2. The van der Waals surface area contributed by atoms with Gasteiger partial charge in [0.05, 0.1) is 23.3 Å². The van der Waals surface area contributed by atoms with E-state index < -0.39 is 22.3 Å². The first-order valence-corrected chi connectivity index (χ1v) is 10.5. The first kappa shape index (κ1) is 22.0. The monoisotopic (exact) mass is 452 g/mol. The van der Waals surface area contributed by atoms with Gasteiger partial charge in [-0.15, -0.1) is 0 Å². The maximum absolute atomic E-state index is 12.6. The van der Waals surface area contributed by atoms with Crippen LogP contribution >= 0.6 is 0 Å². The summed E-state index contributed by atoms with van der Waals surface area (Å²) in [6.07, 6.45) is 2.48. The molecule has 3 aromatic rings. The lowest BCUT2D eigenvalue weighted by atomic mass is 10.2. The maximum Gasteiger partial charge on any atom is 0.388 e. The van der Waals surface area contributed by atoms with E-state index in [0.717, 1.165) is 0 Å². The molecule has 0 bridgehead atoms. The smallest absolute Gasteiger partial charge is 0.388 e. The van der Waals surface area contributed by atoms with Crippen LogP contribution in [0, 0.1) is 0 Å². The zero-order valence-electron chi connectivity index (χ0n) is 16.2. The standard InChI is InChI=1S/C19H18F2N4O5S/c1-2-31(26,27)17-6-5-11(10-25-17)28-15-8-12(22)13(23)9-16(15)29-14-4-3-7-24-18(14)30-19(20)21/h3-10,19H,2,22-23H2,1H3. The van der Waals surface area contributed by atoms with Gasteiger partial charge in [-0.05, 0) is 24.3 Å². The normalized spacial score (nSPS) is 11.4. The van der Waals surface area contributed by atoms with Crippen molar-refractivity contribution >= 4 is 21.2 Å². The van der Waals surface area contributed by atoms with Gasteiger partial charge in [-0.3, -0.25) is 0 Å². The van der Waals surface area contributed by atoms with Gasteiger partial charge in [0, 0.05) is 18.3 Å². The first-order valence-electron chi connectivity index (χ1n) is 8.83. The van der Waals surface area contributed by atoms with Gasteiger partial charge in [-0.2, -0.15) is 8.78 Å². The number of nitrogens with zero attached hydrogens (tertiary/aromatic N) is 2. The van der Waals surface area contributed by atoms with Crippen molar-refractivity contribution in [1.29, 1.82) is 0 Å². The Bertz CT molecular complexity index is 1170. The van der Waals surface area contributed by atoms with E-state index in [0.29, 0.717) is 0 Å². The Kier molecular flexibility index (Phi) is 6.39. The average Bonchev–Trinajstić information content (AvgIpc) is 2.73. The van der Waals surface area contributed by atoms with Gasteiger partial charge >= 0.3 is 6.61 Å². The number of rotatable bonds is 8. The van der Waals surface area contributed by atoms with E-state index in [-0.39, 0.29) is 45.2 Å². The van der Waals surface area contributed by atoms with Crippen LogP contribution in [-0.2, 0) is 9.84 Å². The molecule has 0 saturated heterocycles. The second-order valence-electron chi connectivity index (χ2n) is 6.05. The van der Waals surface area contributed by atoms with E-state index in [9.17, 15) is 17.2 Å². The molecule has 2 aromatic heterocycles.